The Morgan fingerprint density at radius 1 is 0.893 bits per heavy atom. The average Bonchev–Trinajstić information content (AvgIpc) is 3.02. The zero-order chi connectivity index (χ0) is 19.1. The summed E-state index contributed by atoms with van der Waals surface area (Å²) in [5, 5.41) is 11.5. The van der Waals surface area contributed by atoms with E-state index < -0.39 is 0 Å². The number of anilines is 2. The number of amides is 1. The number of fused-ring (bicyclic) bond motifs is 3. The van der Waals surface area contributed by atoms with E-state index in [2.05, 4.69) is 22.5 Å². The molecule has 1 saturated heterocycles. The molecular formula is C23H21N3O2. The topological polar surface area (TPSA) is 55.8 Å². The fourth-order valence-corrected chi connectivity index (χ4v) is 4.25. The Hall–Kier alpha value is -3.47. The molecule has 0 aromatic heterocycles. The molecule has 0 spiro atoms. The van der Waals surface area contributed by atoms with E-state index in [0.29, 0.717) is 0 Å². The predicted octanol–water partition coefficient (Wildman–Crippen LogP) is 4.08. The highest BCUT2D eigenvalue weighted by molar-refractivity contribution is 5.92. The molecular weight excluding hydrogens is 350 g/mol. The second-order valence-corrected chi connectivity index (χ2v) is 7.24. The van der Waals surface area contributed by atoms with Crippen LogP contribution in [0.1, 0.15) is 23.7 Å². The summed E-state index contributed by atoms with van der Waals surface area (Å²) >= 11 is 0. The Bertz CT molecular complexity index is 1000. The molecule has 0 bridgehead atoms. The summed E-state index contributed by atoms with van der Waals surface area (Å²) in [6.45, 7) is 0. The SMILES string of the molecule is O=C1C2CCc3ccccc3N2[C@@H](c2ccc(O)cc2)N1Nc1ccccc1. The van der Waals surface area contributed by atoms with E-state index in [-0.39, 0.29) is 23.9 Å². The average molecular weight is 371 g/mol. The Morgan fingerprint density at radius 3 is 2.39 bits per heavy atom. The van der Waals surface area contributed by atoms with Crippen molar-refractivity contribution in [2.24, 2.45) is 0 Å². The van der Waals surface area contributed by atoms with Gasteiger partial charge in [-0.25, -0.2) is 5.01 Å². The van der Waals surface area contributed by atoms with Gasteiger partial charge in [0.15, 0.2) is 6.17 Å². The second kappa shape index (κ2) is 6.60. The van der Waals surface area contributed by atoms with Gasteiger partial charge in [0, 0.05) is 5.69 Å². The van der Waals surface area contributed by atoms with Crippen molar-refractivity contribution in [1.29, 1.82) is 0 Å². The number of carbonyl (C=O) groups excluding carboxylic acids is 1. The Kier molecular flexibility index (Phi) is 3.93. The number of aromatic hydroxyl groups is 1. The lowest BCUT2D eigenvalue weighted by Gasteiger charge is -2.37. The molecule has 0 saturated carbocycles. The number of phenolic OH excluding ortho intramolecular Hbond substituents is 1. The molecule has 0 aliphatic carbocycles. The minimum atomic E-state index is -0.292. The third kappa shape index (κ3) is 2.67. The van der Waals surface area contributed by atoms with E-state index in [1.54, 1.807) is 17.1 Å². The fraction of sp³-hybridized carbons (Fsp3) is 0.174. The van der Waals surface area contributed by atoms with E-state index in [9.17, 15) is 9.90 Å². The van der Waals surface area contributed by atoms with Gasteiger partial charge in [0.05, 0.1) is 5.69 Å². The van der Waals surface area contributed by atoms with Gasteiger partial charge in [0.1, 0.15) is 11.8 Å². The van der Waals surface area contributed by atoms with Crippen molar-refractivity contribution in [2.75, 3.05) is 10.3 Å². The zero-order valence-electron chi connectivity index (χ0n) is 15.3. The number of nitrogens with one attached hydrogen (secondary N) is 1. The van der Waals surface area contributed by atoms with Crippen molar-refractivity contribution in [3.63, 3.8) is 0 Å². The molecule has 5 nitrogen and oxygen atoms in total. The van der Waals surface area contributed by atoms with Gasteiger partial charge in [-0.3, -0.25) is 10.2 Å². The maximum Gasteiger partial charge on any atom is 0.265 e. The Morgan fingerprint density at radius 2 is 1.61 bits per heavy atom. The Labute approximate surface area is 163 Å². The molecule has 28 heavy (non-hydrogen) atoms. The maximum absolute atomic E-state index is 13.4. The van der Waals surface area contributed by atoms with Crippen LogP contribution in [0.2, 0.25) is 0 Å². The normalized spacial score (nSPS) is 20.6. The van der Waals surface area contributed by atoms with E-state index in [4.69, 9.17) is 0 Å². The van der Waals surface area contributed by atoms with Crippen LogP contribution in [0.4, 0.5) is 11.4 Å². The summed E-state index contributed by atoms with van der Waals surface area (Å²) < 4.78 is 0. The molecule has 0 radical (unpaired) electrons. The van der Waals surface area contributed by atoms with E-state index in [1.165, 1.54) is 5.56 Å². The molecule has 2 heterocycles. The standard InChI is InChI=1S/C23H21N3O2/c27-19-13-10-17(11-14-19)22-25-20-9-5-4-6-16(20)12-15-21(25)23(28)26(22)24-18-7-2-1-3-8-18/h1-11,13-14,21-22,24,27H,12,15H2/t21?,22-/m1/s1. The monoisotopic (exact) mass is 371 g/mol. The molecule has 1 fully saturated rings. The van der Waals surface area contributed by atoms with Crippen molar-refractivity contribution < 1.29 is 9.90 Å². The van der Waals surface area contributed by atoms with Crippen molar-refractivity contribution >= 4 is 17.3 Å². The minimum absolute atomic E-state index is 0.0661. The molecule has 1 unspecified atom stereocenters. The third-order valence-corrected chi connectivity index (χ3v) is 5.54. The summed E-state index contributed by atoms with van der Waals surface area (Å²) in [4.78, 5) is 15.6. The first-order chi connectivity index (χ1) is 13.7. The van der Waals surface area contributed by atoms with Gasteiger partial charge in [-0.05, 0) is 54.3 Å². The summed E-state index contributed by atoms with van der Waals surface area (Å²) in [6.07, 6.45) is 1.39. The Balaban J connectivity index is 1.62. The van der Waals surface area contributed by atoms with Crippen LogP contribution in [0.25, 0.3) is 0 Å². The molecule has 5 rings (SSSR count). The molecule has 140 valence electrons. The molecule has 2 N–H and O–H groups in total. The third-order valence-electron chi connectivity index (χ3n) is 5.54. The lowest BCUT2D eigenvalue weighted by Crippen LogP contribution is -2.38. The van der Waals surface area contributed by atoms with Gasteiger partial charge >= 0.3 is 0 Å². The number of para-hydroxylation sites is 2. The van der Waals surface area contributed by atoms with Gasteiger partial charge in [0.25, 0.3) is 5.91 Å². The highest BCUT2D eigenvalue weighted by Gasteiger charge is 2.49. The highest BCUT2D eigenvalue weighted by atomic mass is 16.3. The summed E-state index contributed by atoms with van der Waals surface area (Å²) in [7, 11) is 0. The maximum atomic E-state index is 13.4. The number of hydrazine groups is 1. The quantitative estimate of drug-likeness (QED) is 0.728. The van der Waals surface area contributed by atoms with Crippen LogP contribution in [0.5, 0.6) is 5.75 Å². The number of carbonyl (C=O) groups is 1. The van der Waals surface area contributed by atoms with Gasteiger partial charge in [-0.2, -0.15) is 0 Å². The number of phenols is 1. The predicted molar refractivity (Wildman–Crippen MR) is 109 cm³/mol. The first-order valence-electron chi connectivity index (χ1n) is 9.52. The van der Waals surface area contributed by atoms with Gasteiger partial charge < -0.3 is 10.0 Å². The number of rotatable bonds is 3. The highest BCUT2D eigenvalue weighted by Crippen LogP contribution is 2.44. The van der Waals surface area contributed by atoms with Crippen molar-refractivity contribution in [3.8, 4) is 5.75 Å². The van der Waals surface area contributed by atoms with E-state index in [1.807, 2.05) is 54.6 Å². The van der Waals surface area contributed by atoms with Crippen LogP contribution >= 0.6 is 0 Å². The van der Waals surface area contributed by atoms with Gasteiger partial charge in [-0.1, -0.05) is 48.5 Å². The molecule has 2 aliphatic rings. The number of benzene rings is 3. The molecule has 1 amide bonds. The summed E-state index contributed by atoms with van der Waals surface area (Å²) in [5.74, 6) is 0.280. The first-order valence-corrected chi connectivity index (χ1v) is 9.52. The van der Waals surface area contributed by atoms with Crippen molar-refractivity contribution in [3.05, 3.63) is 90.0 Å². The smallest absolute Gasteiger partial charge is 0.265 e. The van der Waals surface area contributed by atoms with E-state index in [0.717, 1.165) is 29.8 Å². The van der Waals surface area contributed by atoms with Gasteiger partial charge in [0.2, 0.25) is 0 Å². The van der Waals surface area contributed by atoms with Crippen molar-refractivity contribution in [1.82, 2.24) is 5.01 Å². The summed E-state index contributed by atoms with van der Waals surface area (Å²) in [6, 6.07) is 24.9. The number of aryl methyl sites for hydroxylation is 1. The minimum Gasteiger partial charge on any atom is -0.508 e. The molecule has 2 aliphatic heterocycles. The molecule has 5 heteroatoms. The second-order valence-electron chi connectivity index (χ2n) is 7.24. The molecule has 2 atom stereocenters. The van der Waals surface area contributed by atoms with Crippen molar-refractivity contribution in [2.45, 2.75) is 25.0 Å². The molecule has 3 aromatic rings. The van der Waals surface area contributed by atoms with Crippen LogP contribution in [0.15, 0.2) is 78.9 Å². The largest absolute Gasteiger partial charge is 0.508 e. The zero-order valence-corrected chi connectivity index (χ0v) is 15.3. The number of hydrogen-bond donors (Lipinski definition) is 2. The van der Waals surface area contributed by atoms with Crippen LogP contribution in [0.3, 0.4) is 0 Å². The molecule has 3 aromatic carbocycles. The lowest BCUT2D eigenvalue weighted by molar-refractivity contribution is -0.128. The summed E-state index contributed by atoms with van der Waals surface area (Å²) in [5.41, 5.74) is 7.50. The van der Waals surface area contributed by atoms with Crippen LogP contribution in [0, 0.1) is 0 Å². The van der Waals surface area contributed by atoms with E-state index >= 15 is 0 Å². The first kappa shape index (κ1) is 16.7. The van der Waals surface area contributed by atoms with Crippen LogP contribution in [-0.2, 0) is 11.2 Å². The number of hydrogen-bond acceptors (Lipinski definition) is 4. The number of nitrogens with zero attached hydrogens (tertiary/aromatic N) is 2. The van der Waals surface area contributed by atoms with Crippen LogP contribution < -0.4 is 10.3 Å². The van der Waals surface area contributed by atoms with Crippen LogP contribution in [-0.4, -0.2) is 22.1 Å². The fourth-order valence-electron chi connectivity index (χ4n) is 4.25. The van der Waals surface area contributed by atoms with Gasteiger partial charge in [-0.15, -0.1) is 0 Å². The lowest BCUT2D eigenvalue weighted by atomic mass is 9.96.